The zero-order valence-corrected chi connectivity index (χ0v) is 14.1. The first-order chi connectivity index (χ1) is 11.5. The summed E-state index contributed by atoms with van der Waals surface area (Å²) in [6, 6.07) is 9.47. The van der Waals surface area contributed by atoms with Crippen molar-refractivity contribution in [3.8, 4) is 0 Å². The Bertz CT molecular complexity index is 828. The Morgan fingerprint density at radius 2 is 2.12 bits per heavy atom. The van der Waals surface area contributed by atoms with Crippen LogP contribution in [-0.4, -0.2) is 16.6 Å². The molecule has 3 rings (SSSR count). The number of hydrogen-bond acceptors (Lipinski definition) is 5. The number of nitrogens with two attached hydrogens (primary N) is 1. The highest BCUT2D eigenvalue weighted by Gasteiger charge is 2.24. The Labute approximate surface area is 147 Å². The molecule has 1 heterocycles. The molecule has 1 amide bonds. The van der Waals surface area contributed by atoms with Gasteiger partial charge in [0, 0.05) is 27.3 Å². The van der Waals surface area contributed by atoms with Gasteiger partial charge in [0.15, 0.2) is 0 Å². The molecule has 0 aromatic heterocycles. The molecule has 8 heteroatoms. The average Bonchev–Trinajstić information content (AvgIpc) is 2.55. The number of anilines is 1. The lowest BCUT2D eigenvalue weighted by Crippen LogP contribution is -2.30. The number of hydrogen-bond donors (Lipinski definition) is 2. The molecule has 3 N–H and O–H groups in total. The van der Waals surface area contributed by atoms with Gasteiger partial charge in [-0.05, 0) is 42.3 Å². The van der Waals surface area contributed by atoms with Gasteiger partial charge in [-0.3, -0.25) is 14.9 Å². The summed E-state index contributed by atoms with van der Waals surface area (Å²) in [5.41, 5.74) is 6.50. The van der Waals surface area contributed by atoms with Crippen LogP contribution in [0.5, 0.6) is 0 Å². The molecule has 124 valence electrons. The second kappa shape index (κ2) is 6.70. The summed E-state index contributed by atoms with van der Waals surface area (Å²) in [5.74, 6) is 0.502. The maximum Gasteiger partial charge on any atom is 0.292 e. The van der Waals surface area contributed by atoms with E-state index in [0.29, 0.717) is 5.02 Å². The van der Waals surface area contributed by atoms with Crippen LogP contribution in [0.1, 0.15) is 28.4 Å². The Kier molecular flexibility index (Phi) is 4.64. The molecule has 0 saturated heterocycles. The molecule has 1 aliphatic heterocycles. The summed E-state index contributed by atoms with van der Waals surface area (Å²) < 4.78 is 0. The predicted molar refractivity (Wildman–Crippen MR) is 94.5 cm³/mol. The molecule has 6 nitrogen and oxygen atoms in total. The Morgan fingerprint density at radius 3 is 2.88 bits per heavy atom. The number of halogens is 1. The monoisotopic (exact) mass is 363 g/mol. The van der Waals surface area contributed by atoms with Gasteiger partial charge < -0.3 is 11.1 Å². The van der Waals surface area contributed by atoms with Gasteiger partial charge in [0.05, 0.1) is 11.0 Å². The van der Waals surface area contributed by atoms with Crippen LogP contribution in [0.3, 0.4) is 0 Å². The fraction of sp³-hybridized carbons (Fsp3) is 0.188. The Balaban J connectivity index is 1.85. The third-order valence-electron chi connectivity index (χ3n) is 3.81. The number of rotatable bonds is 3. The summed E-state index contributed by atoms with van der Waals surface area (Å²) in [7, 11) is 0. The van der Waals surface area contributed by atoms with E-state index >= 15 is 0 Å². The molecule has 2 aromatic carbocycles. The molecular formula is C16H14ClN3O3S. The highest BCUT2D eigenvalue weighted by atomic mass is 35.5. The number of fused-ring (bicyclic) bond motifs is 1. The van der Waals surface area contributed by atoms with E-state index in [1.165, 1.54) is 18.2 Å². The van der Waals surface area contributed by atoms with Crippen LogP contribution in [0.25, 0.3) is 0 Å². The first-order valence-corrected chi connectivity index (χ1v) is 8.59. The van der Waals surface area contributed by atoms with Crippen LogP contribution < -0.4 is 11.1 Å². The molecule has 0 fully saturated rings. The fourth-order valence-electron chi connectivity index (χ4n) is 2.60. The van der Waals surface area contributed by atoms with Crippen molar-refractivity contribution in [1.82, 2.24) is 5.32 Å². The number of nitro groups is 1. The van der Waals surface area contributed by atoms with Crippen molar-refractivity contribution in [3.05, 3.63) is 62.7 Å². The van der Waals surface area contributed by atoms with Crippen LogP contribution >= 0.6 is 23.4 Å². The van der Waals surface area contributed by atoms with Crippen LogP contribution in [0, 0.1) is 10.1 Å². The molecule has 0 radical (unpaired) electrons. The highest BCUT2D eigenvalue weighted by Crippen LogP contribution is 2.37. The molecule has 0 aliphatic carbocycles. The van der Waals surface area contributed by atoms with Gasteiger partial charge in [0.2, 0.25) is 0 Å². The second-order valence-corrected chi connectivity index (χ2v) is 6.95. The van der Waals surface area contributed by atoms with Gasteiger partial charge in [0.1, 0.15) is 5.69 Å². The third kappa shape index (κ3) is 3.32. The van der Waals surface area contributed by atoms with E-state index in [9.17, 15) is 14.9 Å². The van der Waals surface area contributed by atoms with E-state index < -0.39 is 4.92 Å². The van der Waals surface area contributed by atoms with Gasteiger partial charge >= 0.3 is 0 Å². The van der Waals surface area contributed by atoms with Crippen molar-refractivity contribution in [2.45, 2.75) is 17.4 Å². The van der Waals surface area contributed by atoms with E-state index in [4.69, 9.17) is 17.3 Å². The van der Waals surface area contributed by atoms with Crippen molar-refractivity contribution >= 4 is 40.6 Å². The topological polar surface area (TPSA) is 98.3 Å². The SMILES string of the molecule is Nc1ccc(C(=O)N[C@@H]2CCSc3ccc(Cl)cc32)cc1[N+](=O)[O-]. The number of nitrogen functional groups attached to an aromatic ring is 1. The lowest BCUT2D eigenvalue weighted by atomic mass is 10.0. The van der Waals surface area contributed by atoms with Gasteiger partial charge in [-0.25, -0.2) is 0 Å². The molecule has 1 aliphatic rings. The number of amides is 1. The smallest absolute Gasteiger partial charge is 0.292 e. The molecule has 24 heavy (non-hydrogen) atoms. The van der Waals surface area contributed by atoms with Crippen LogP contribution in [-0.2, 0) is 0 Å². The van der Waals surface area contributed by atoms with Crippen molar-refractivity contribution in [3.63, 3.8) is 0 Å². The summed E-state index contributed by atoms with van der Waals surface area (Å²) in [4.78, 5) is 23.9. The number of nitro benzene ring substituents is 1. The third-order valence-corrected chi connectivity index (χ3v) is 5.16. The molecule has 0 saturated carbocycles. The number of carbonyl (C=O) groups is 1. The van der Waals surface area contributed by atoms with Crippen LogP contribution in [0.2, 0.25) is 5.02 Å². The normalized spacial score (nSPS) is 16.3. The van der Waals surface area contributed by atoms with Gasteiger partial charge in [-0.1, -0.05) is 11.6 Å². The van der Waals surface area contributed by atoms with Crippen molar-refractivity contribution in [2.24, 2.45) is 0 Å². The minimum absolute atomic E-state index is 0.0303. The molecule has 1 atom stereocenters. The number of carbonyl (C=O) groups excluding carboxylic acids is 1. The molecule has 0 bridgehead atoms. The highest BCUT2D eigenvalue weighted by molar-refractivity contribution is 7.99. The van der Waals surface area contributed by atoms with Crippen molar-refractivity contribution in [1.29, 1.82) is 0 Å². The molecular weight excluding hydrogens is 350 g/mol. The number of thioether (sulfide) groups is 1. The minimum Gasteiger partial charge on any atom is -0.393 e. The number of benzene rings is 2. The van der Waals surface area contributed by atoms with E-state index in [1.807, 2.05) is 18.2 Å². The second-order valence-electron chi connectivity index (χ2n) is 5.38. The maximum absolute atomic E-state index is 12.5. The van der Waals surface area contributed by atoms with Crippen molar-refractivity contribution in [2.75, 3.05) is 11.5 Å². The zero-order chi connectivity index (χ0) is 17.3. The summed E-state index contributed by atoms with van der Waals surface area (Å²) in [6.07, 6.45) is 0.765. The van der Waals surface area contributed by atoms with Gasteiger partial charge in [-0.2, -0.15) is 0 Å². The predicted octanol–water partition coefficient (Wildman–Crippen LogP) is 3.80. The largest absolute Gasteiger partial charge is 0.393 e. The zero-order valence-electron chi connectivity index (χ0n) is 12.5. The average molecular weight is 364 g/mol. The van der Waals surface area contributed by atoms with E-state index in [1.54, 1.807) is 11.8 Å². The van der Waals surface area contributed by atoms with E-state index in [2.05, 4.69) is 5.32 Å². The van der Waals surface area contributed by atoms with Crippen LogP contribution in [0.15, 0.2) is 41.3 Å². The molecule has 2 aromatic rings. The maximum atomic E-state index is 12.5. The van der Waals surface area contributed by atoms with E-state index in [0.717, 1.165) is 22.6 Å². The van der Waals surface area contributed by atoms with E-state index in [-0.39, 0.29) is 28.9 Å². The molecule has 0 unspecified atom stereocenters. The minimum atomic E-state index is -0.599. The fourth-order valence-corrected chi connectivity index (χ4v) is 3.89. The Morgan fingerprint density at radius 1 is 1.33 bits per heavy atom. The summed E-state index contributed by atoms with van der Waals surface area (Å²) in [5, 5.41) is 14.5. The quantitative estimate of drug-likeness (QED) is 0.491. The first-order valence-electron chi connectivity index (χ1n) is 7.23. The summed E-state index contributed by atoms with van der Waals surface area (Å²) in [6.45, 7) is 0. The molecule has 0 spiro atoms. The van der Waals surface area contributed by atoms with Gasteiger partial charge in [-0.15, -0.1) is 11.8 Å². The van der Waals surface area contributed by atoms with Crippen molar-refractivity contribution < 1.29 is 9.72 Å². The summed E-state index contributed by atoms with van der Waals surface area (Å²) >= 11 is 7.77. The Hall–Kier alpha value is -2.25. The van der Waals surface area contributed by atoms with Gasteiger partial charge in [0.25, 0.3) is 11.6 Å². The number of nitrogens with zero attached hydrogens (tertiary/aromatic N) is 1. The number of nitrogens with one attached hydrogen (secondary N) is 1. The first kappa shape index (κ1) is 16.6. The lowest BCUT2D eigenvalue weighted by molar-refractivity contribution is -0.383. The van der Waals surface area contributed by atoms with Crippen LogP contribution in [0.4, 0.5) is 11.4 Å². The standard InChI is InChI=1S/C16H14ClN3O3S/c17-10-2-4-15-11(8-10)13(5-6-24-15)19-16(21)9-1-3-12(18)14(7-9)20(22)23/h1-4,7-8,13H,5-6,18H2,(H,19,21)/t13-/m1/s1. The lowest BCUT2D eigenvalue weighted by Gasteiger charge is -2.26.